The van der Waals surface area contributed by atoms with Crippen LogP contribution in [0.2, 0.25) is 0 Å². The third kappa shape index (κ3) is 6.01. The van der Waals surface area contributed by atoms with Gasteiger partial charge in [0.25, 0.3) is 10.2 Å². The highest BCUT2D eigenvalue weighted by Gasteiger charge is 2.20. The Morgan fingerprint density at radius 3 is 2.76 bits per heavy atom. The Kier molecular flexibility index (Phi) is 7.10. The van der Waals surface area contributed by atoms with Crippen molar-refractivity contribution < 1.29 is 18.3 Å². The molecule has 0 fully saturated rings. The lowest BCUT2D eigenvalue weighted by atomic mass is 10.2. The average Bonchev–Trinajstić information content (AvgIpc) is 2.44. The van der Waals surface area contributed by atoms with Crippen molar-refractivity contribution in [1.29, 1.82) is 0 Å². The van der Waals surface area contributed by atoms with E-state index in [9.17, 15) is 8.42 Å². The second-order valence-electron chi connectivity index (χ2n) is 5.00. The molecular formula is C14H24N2O4S. The Balaban J connectivity index is 2.65. The summed E-state index contributed by atoms with van der Waals surface area (Å²) in [6.45, 7) is 2.11. The molecule has 1 aromatic carbocycles. The Morgan fingerprint density at radius 2 is 2.14 bits per heavy atom. The van der Waals surface area contributed by atoms with Crippen LogP contribution < -0.4 is 9.46 Å². The molecule has 120 valence electrons. The summed E-state index contributed by atoms with van der Waals surface area (Å²) in [4.78, 5) is 0. The van der Waals surface area contributed by atoms with Crippen LogP contribution in [0.25, 0.3) is 0 Å². The van der Waals surface area contributed by atoms with Crippen molar-refractivity contribution in [3.63, 3.8) is 0 Å². The molecule has 0 radical (unpaired) electrons. The molecule has 1 unspecified atom stereocenters. The van der Waals surface area contributed by atoms with E-state index >= 15 is 0 Å². The van der Waals surface area contributed by atoms with Gasteiger partial charge < -0.3 is 9.84 Å². The van der Waals surface area contributed by atoms with Gasteiger partial charge in [0.1, 0.15) is 5.75 Å². The number of methoxy groups -OCH3 is 1. The van der Waals surface area contributed by atoms with Crippen LogP contribution >= 0.6 is 0 Å². The molecule has 0 spiro atoms. The minimum absolute atomic E-state index is 0.0612. The lowest BCUT2D eigenvalue weighted by Gasteiger charge is -2.21. The fourth-order valence-electron chi connectivity index (χ4n) is 1.91. The van der Waals surface area contributed by atoms with Crippen molar-refractivity contribution in [3.8, 4) is 5.75 Å². The average molecular weight is 316 g/mol. The molecule has 1 aromatic rings. The van der Waals surface area contributed by atoms with Crippen molar-refractivity contribution in [2.45, 2.75) is 32.4 Å². The van der Waals surface area contributed by atoms with Crippen LogP contribution in [0.5, 0.6) is 5.75 Å². The maximum absolute atomic E-state index is 12.2. The van der Waals surface area contributed by atoms with Crippen molar-refractivity contribution in [2.75, 3.05) is 20.8 Å². The quantitative estimate of drug-likeness (QED) is 0.715. The molecule has 1 atom stereocenters. The van der Waals surface area contributed by atoms with E-state index in [-0.39, 0.29) is 19.2 Å². The van der Waals surface area contributed by atoms with Gasteiger partial charge in [-0.05, 0) is 37.5 Å². The smallest absolute Gasteiger partial charge is 0.279 e. The summed E-state index contributed by atoms with van der Waals surface area (Å²) < 4.78 is 33.3. The van der Waals surface area contributed by atoms with Crippen molar-refractivity contribution in [2.24, 2.45) is 0 Å². The van der Waals surface area contributed by atoms with Gasteiger partial charge in [-0.25, -0.2) is 0 Å². The highest BCUT2D eigenvalue weighted by Crippen LogP contribution is 2.15. The first-order valence-corrected chi connectivity index (χ1v) is 8.30. The highest BCUT2D eigenvalue weighted by atomic mass is 32.2. The lowest BCUT2D eigenvalue weighted by molar-refractivity contribution is 0.279. The largest absolute Gasteiger partial charge is 0.497 e. The van der Waals surface area contributed by atoms with Crippen LogP contribution in [0, 0.1) is 0 Å². The van der Waals surface area contributed by atoms with Crippen LogP contribution in [-0.4, -0.2) is 44.6 Å². The Hall–Kier alpha value is -1.15. The molecule has 6 nitrogen and oxygen atoms in total. The molecule has 7 heteroatoms. The monoisotopic (exact) mass is 316 g/mol. The maximum atomic E-state index is 12.2. The lowest BCUT2D eigenvalue weighted by Crippen LogP contribution is -2.42. The van der Waals surface area contributed by atoms with Gasteiger partial charge in [-0.1, -0.05) is 12.1 Å². The van der Waals surface area contributed by atoms with Gasteiger partial charge >= 0.3 is 0 Å². The fraction of sp³-hybridized carbons (Fsp3) is 0.571. The van der Waals surface area contributed by atoms with Gasteiger partial charge in [0.05, 0.1) is 7.11 Å². The molecule has 0 bridgehead atoms. The van der Waals surface area contributed by atoms with E-state index in [0.717, 1.165) is 5.56 Å². The summed E-state index contributed by atoms with van der Waals surface area (Å²) in [7, 11) is -0.445. The first kappa shape index (κ1) is 17.9. The molecule has 0 heterocycles. The second kappa shape index (κ2) is 8.33. The van der Waals surface area contributed by atoms with Crippen LogP contribution in [0.15, 0.2) is 24.3 Å². The third-order valence-corrected chi connectivity index (χ3v) is 4.75. The zero-order valence-corrected chi connectivity index (χ0v) is 13.6. The van der Waals surface area contributed by atoms with E-state index in [1.54, 1.807) is 20.1 Å². The number of aliphatic hydroxyl groups is 1. The van der Waals surface area contributed by atoms with Gasteiger partial charge in [0.15, 0.2) is 0 Å². The molecule has 0 aliphatic carbocycles. The maximum Gasteiger partial charge on any atom is 0.279 e. The molecule has 0 aliphatic rings. The van der Waals surface area contributed by atoms with E-state index in [4.69, 9.17) is 9.84 Å². The Labute approximate surface area is 126 Å². The van der Waals surface area contributed by atoms with Gasteiger partial charge in [-0.15, -0.1) is 0 Å². The topological polar surface area (TPSA) is 78.9 Å². The molecule has 0 saturated carbocycles. The fourth-order valence-corrected chi connectivity index (χ4v) is 3.04. The zero-order valence-electron chi connectivity index (χ0n) is 12.7. The minimum atomic E-state index is -3.55. The van der Waals surface area contributed by atoms with Crippen LogP contribution in [0.4, 0.5) is 0 Å². The highest BCUT2D eigenvalue weighted by molar-refractivity contribution is 7.87. The number of hydrogen-bond donors (Lipinski definition) is 2. The minimum Gasteiger partial charge on any atom is -0.497 e. The predicted molar refractivity (Wildman–Crippen MR) is 82.3 cm³/mol. The standard InChI is InChI=1S/C14H24N2O4S/c1-12(6-5-9-17)15-21(18,19)16(2)11-13-7-4-8-14(10-13)20-3/h4,7-8,10,12,15,17H,5-6,9,11H2,1-3H3. The second-order valence-corrected chi connectivity index (χ2v) is 6.81. The van der Waals surface area contributed by atoms with E-state index in [1.807, 2.05) is 18.2 Å². The van der Waals surface area contributed by atoms with E-state index in [1.165, 1.54) is 11.4 Å². The van der Waals surface area contributed by atoms with E-state index in [2.05, 4.69) is 4.72 Å². The summed E-state index contributed by atoms with van der Waals surface area (Å²) in [6, 6.07) is 7.08. The van der Waals surface area contributed by atoms with Crippen LogP contribution in [0.3, 0.4) is 0 Å². The normalized spacial score (nSPS) is 13.4. The molecule has 0 amide bonds. The Morgan fingerprint density at radius 1 is 1.43 bits per heavy atom. The molecule has 0 aliphatic heterocycles. The van der Waals surface area contributed by atoms with Crippen molar-refractivity contribution in [1.82, 2.24) is 9.03 Å². The molecule has 2 N–H and O–H groups in total. The predicted octanol–water partition coefficient (Wildman–Crippen LogP) is 1.12. The number of rotatable bonds is 9. The van der Waals surface area contributed by atoms with E-state index < -0.39 is 10.2 Å². The summed E-state index contributed by atoms with van der Waals surface area (Å²) in [5.41, 5.74) is 0.852. The van der Waals surface area contributed by atoms with Crippen LogP contribution in [0.1, 0.15) is 25.3 Å². The molecular weight excluding hydrogens is 292 g/mol. The summed E-state index contributed by atoms with van der Waals surface area (Å²) in [5.74, 6) is 0.697. The number of nitrogens with one attached hydrogen (secondary N) is 1. The van der Waals surface area contributed by atoms with Gasteiger partial charge in [0, 0.05) is 26.2 Å². The van der Waals surface area contributed by atoms with E-state index in [0.29, 0.717) is 18.6 Å². The van der Waals surface area contributed by atoms with Crippen LogP contribution in [-0.2, 0) is 16.8 Å². The van der Waals surface area contributed by atoms with Crippen molar-refractivity contribution >= 4 is 10.2 Å². The zero-order chi connectivity index (χ0) is 15.9. The van der Waals surface area contributed by atoms with Gasteiger partial charge in [-0.2, -0.15) is 17.4 Å². The molecule has 21 heavy (non-hydrogen) atoms. The first-order chi connectivity index (χ1) is 9.89. The molecule has 0 saturated heterocycles. The summed E-state index contributed by atoms with van der Waals surface area (Å²) in [6.07, 6.45) is 1.17. The summed E-state index contributed by atoms with van der Waals surface area (Å²) >= 11 is 0. The number of nitrogens with zero attached hydrogens (tertiary/aromatic N) is 1. The Bertz CT molecular complexity index is 534. The number of aliphatic hydroxyl groups excluding tert-OH is 1. The number of hydrogen-bond acceptors (Lipinski definition) is 4. The molecule has 0 aromatic heterocycles. The number of benzene rings is 1. The van der Waals surface area contributed by atoms with Crippen molar-refractivity contribution in [3.05, 3.63) is 29.8 Å². The van der Waals surface area contributed by atoms with Gasteiger partial charge in [-0.3, -0.25) is 0 Å². The third-order valence-electron chi connectivity index (χ3n) is 3.10. The SMILES string of the molecule is COc1cccc(CN(C)S(=O)(=O)NC(C)CCCO)c1. The van der Waals surface area contributed by atoms with Gasteiger partial charge in [0.2, 0.25) is 0 Å². The first-order valence-electron chi connectivity index (χ1n) is 6.86. The summed E-state index contributed by atoms with van der Waals surface area (Å²) in [5, 5.41) is 8.77. The number of ether oxygens (including phenoxy) is 1. The molecule has 1 rings (SSSR count).